The molecule has 15 aromatic rings. The first-order valence-corrected chi connectivity index (χ1v) is 37.5. The Morgan fingerprint density at radius 1 is 0.287 bits per heavy atom. The summed E-state index contributed by atoms with van der Waals surface area (Å²) in [5.74, 6) is -0.796. The smallest absolute Gasteiger partial charge is 0.252 e. The maximum absolute atomic E-state index is 9.54. The highest BCUT2D eigenvalue weighted by Crippen LogP contribution is 2.54. The Balaban J connectivity index is 1.04. The van der Waals surface area contributed by atoms with Gasteiger partial charge in [-0.15, -0.1) is 0 Å². The zero-order valence-electron chi connectivity index (χ0n) is 74.2. The number of nitrogens with zero attached hydrogens (tertiary/aromatic N) is 6. The highest BCUT2D eigenvalue weighted by Gasteiger charge is 2.45. The van der Waals surface area contributed by atoms with Gasteiger partial charge in [-0.25, -0.2) is 15.0 Å². The summed E-state index contributed by atoms with van der Waals surface area (Å²) in [6.45, 7) is 33.1. The number of hydrogen-bond acceptors (Lipinski definition) is 5. The van der Waals surface area contributed by atoms with Crippen LogP contribution in [0.2, 0.25) is 0 Å². The van der Waals surface area contributed by atoms with Gasteiger partial charge < -0.3 is 14.4 Å². The minimum absolute atomic E-state index is 0.0611. The zero-order chi connectivity index (χ0) is 83.6. The maximum atomic E-state index is 9.54. The lowest BCUT2D eigenvalue weighted by molar-refractivity contribution is 0.569. The lowest BCUT2D eigenvalue weighted by Crippen LogP contribution is -2.61. The molecule has 2 aliphatic rings. The number of anilines is 6. The Morgan fingerprint density at radius 3 is 1.26 bits per heavy atom. The number of benzene rings is 13. The predicted octanol–water partition coefficient (Wildman–Crippen LogP) is 25.2. The van der Waals surface area contributed by atoms with E-state index in [9.17, 15) is 5.48 Å². The Labute approximate surface area is 652 Å². The predicted molar refractivity (Wildman–Crippen MR) is 460 cm³/mol. The van der Waals surface area contributed by atoms with Crippen molar-refractivity contribution in [2.24, 2.45) is 0 Å². The molecule has 13 aromatic carbocycles. The topological polar surface area (TPSA) is 50.1 Å². The van der Waals surface area contributed by atoms with Gasteiger partial charge in [-0.1, -0.05) is 316 Å². The summed E-state index contributed by atoms with van der Waals surface area (Å²) >= 11 is 0. The first kappa shape index (κ1) is 58.5. The average Bonchev–Trinajstić information content (AvgIpc) is 1.04. The summed E-state index contributed by atoms with van der Waals surface area (Å²) in [5.41, 5.74) is 23.0. The minimum atomic E-state index is -0.637. The highest BCUT2D eigenvalue weighted by molar-refractivity contribution is 7.00. The molecule has 0 radical (unpaired) electrons. The zero-order valence-corrected chi connectivity index (χ0v) is 64.2. The van der Waals surface area contributed by atoms with Crippen molar-refractivity contribution in [2.45, 2.75) is 131 Å². The standard InChI is InChI=1S/C101H93BN6/c1-97(2,3)72-46-52-86-80(59-72)81-60-73(98(4,5)6)47-53-87(81)106(86)77-48-50-84-91(63-77)107(85-51-45-69(64-32-21-16-22-33-64)56-78(85)65-34-23-17-24-35-65)88-42-31-43-89-92(88)102(84)83-49-44-70(71-54-74(99(7,8)9)58-75(55-71)100(10,11)12)57-90(83)108(89)93-79(66-36-25-18-26-37-66)61-76(101(13,14)15)62-82(93)96-104-94(67-38-27-19-28-39-67)103-95(105-96)68-40-29-20-30-41-68/h16-63H,1-15H3/i19D,20D,27D,28D,29D,30D,38D,39D,40D,41D. The summed E-state index contributed by atoms with van der Waals surface area (Å²) < 4.78 is 94.4. The lowest BCUT2D eigenvalue weighted by Gasteiger charge is -2.45. The van der Waals surface area contributed by atoms with Crippen molar-refractivity contribution in [1.29, 1.82) is 0 Å². The second kappa shape index (κ2) is 26.1. The largest absolute Gasteiger partial charge is 0.311 e. The summed E-state index contributed by atoms with van der Waals surface area (Å²) in [5, 5.41) is 2.36. The fourth-order valence-electron chi connectivity index (χ4n) is 15.8. The lowest BCUT2D eigenvalue weighted by atomic mass is 9.33. The van der Waals surface area contributed by atoms with Crippen LogP contribution in [-0.4, -0.2) is 26.2 Å². The quantitative estimate of drug-likeness (QED) is 0.128. The van der Waals surface area contributed by atoms with E-state index in [4.69, 9.17) is 23.2 Å². The summed E-state index contributed by atoms with van der Waals surface area (Å²) in [7, 11) is 0. The molecule has 0 saturated heterocycles. The molecule has 6 nitrogen and oxygen atoms in total. The van der Waals surface area contributed by atoms with Gasteiger partial charge in [0.25, 0.3) is 6.71 Å². The van der Waals surface area contributed by atoms with E-state index in [0.717, 1.165) is 112 Å². The Hall–Kier alpha value is -11.7. The van der Waals surface area contributed by atoms with E-state index in [0.29, 0.717) is 11.3 Å². The molecule has 2 aliphatic heterocycles. The van der Waals surface area contributed by atoms with Gasteiger partial charge >= 0.3 is 0 Å². The molecule has 0 spiro atoms. The van der Waals surface area contributed by atoms with E-state index in [1.165, 1.54) is 33.0 Å². The summed E-state index contributed by atoms with van der Waals surface area (Å²) in [4.78, 5) is 20.4. The Kier molecular flexibility index (Phi) is 14.1. The molecule has 0 amide bonds. The molecule has 0 aliphatic carbocycles. The van der Waals surface area contributed by atoms with Crippen LogP contribution in [0.3, 0.4) is 0 Å². The third kappa shape index (κ3) is 12.4. The van der Waals surface area contributed by atoms with Crippen molar-refractivity contribution >= 4 is 79.0 Å². The molecule has 108 heavy (non-hydrogen) atoms. The second-order valence-electron chi connectivity index (χ2n) is 34.2. The Bertz CT molecular complexity index is 6410. The van der Waals surface area contributed by atoms with E-state index in [1.807, 2.05) is 30.3 Å². The van der Waals surface area contributed by atoms with Gasteiger partial charge in [0.05, 0.1) is 36.1 Å². The SMILES string of the molecule is [2H]c1c([2H])c([2H])c(-c2nc(-c3cc(C(C)(C)C)cc(-c4ccccc4)c3N3c4cc(-c5cc(C(C)(C)C)cc(C(C)(C)C)c5)ccc4B4c5ccc(-n6c7ccc(C(C)(C)C)cc7c7cc(C(C)(C)C)ccc76)cc5N(c5ccc(-c6ccccc6)cc5-c5ccccc5)c5cccc3c54)nc(-c3c([2H])c([2H])c([2H])c([2H])c3[2H])n2)c([2H])c1[2H]. The fourth-order valence-corrected chi connectivity index (χ4v) is 15.8. The van der Waals surface area contributed by atoms with Crippen LogP contribution >= 0.6 is 0 Å². The van der Waals surface area contributed by atoms with Crippen molar-refractivity contribution in [3.63, 3.8) is 0 Å². The van der Waals surface area contributed by atoms with Gasteiger partial charge in [-0.05, 0) is 184 Å². The molecule has 0 unspecified atom stereocenters. The van der Waals surface area contributed by atoms with Gasteiger partial charge in [-0.3, -0.25) is 0 Å². The van der Waals surface area contributed by atoms with E-state index < -0.39 is 72.6 Å². The third-order valence-corrected chi connectivity index (χ3v) is 21.8. The molecule has 0 saturated carbocycles. The van der Waals surface area contributed by atoms with Crippen molar-refractivity contribution < 1.29 is 13.7 Å². The number of aromatic nitrogens is 4. The highest BCUT2D eigenvalue weighted by atomic mass is 15.2. The molecule has 530 valence electrons. The van der Waals surface area contributed by atoms with Crippen LogP contribution in [0, 0.1) is 0 Å². The number of rotatable bonds is 10. The number of fused-ring (bicyclic) bond motifs is 7. The van der Waals surface area contributed by atoms with Crippen LogP contribution in [0.4, 0.5) is 34.1 Å². The van der Waals surface area contributed by atoms with Crippen molar-refractivity contribution in [3.05, 3.63) is 319 Å². The normalized spacial score (nSPS) is 14.4. The molecule has 2 aromatic heterocycles. The minimum Gasteiger partial charge on any atom is -0.311 e. The first-order chi connectivity index (χ1) is 55.8. The molecule has 7 heteroatoms. The molecule has 0 bridgehead atoms. The van der Waals surface area contributed by atoms with Gasteiger partial charge in [0.1, 0.15) is 0 Å². The third-order valence-electron chi connectivity index (χ3n) is 21.8. The fraction of sp³-hybridized carbons (Fsp3) is 0.198. The van der Waals surface area contributed by atoms with Gasteiger partial charge in [0.2, 0.25) is 0 Å². The molecule has 4 heterocycles. The van der Waals surface area contributed by atoms with Crippen molar-refractivity contribution in [3.8, 4) is 84.4 Å². The van der Waals surface area contributed by atoms with Crippen molar-refractivity contribution in [1.82, 2.24) is 19.5 Å². The van der Waals surface area contributed by atoms with Crippen LogP contribution in [0.15, 0.2) is 291 Å². The molecule has 17 rings (SSSR count). The summed E-state index contributed by atoms with van der Waals surface area (Å²) in [6.07, 6.45) is 0. The van der Waals surface area contributed by atoms with E-state index in [2.05, 4.69) is 318 Å². The second-order valence-corrected chi connectivity index (χ2v) is 34.2. The molecular formula is C101H93BN6. The molecule has 0 fully saturated rings. The average molecular weight is 1410 g/mol. The van der Waals surface area contributed by atoms with Crippen LogP contribution in [-0.2, 0) is 27.1 Å². The Morgan fingerprint density at radius 2 is 0.731 bits per heavy atom. The van der Waals surface area contributed by atoms with Gasteiger partial charge in [0.15, 0.2) is 17.5 Å². The maximum Gasteiger partial charge on any atom is 0.252 e. The van der Waals surface area contributed by atoms with E-state index >= 15 is 0 Å². The monoisotopic (exact) mass is 1410 g/mol. The number of hydrogen-bond donors (Lipinski definition) is 0. The molecule has 0 N–H and O–H groups in total. The summed E-state index contributed by atoms with van der Waals surface area (Å²) in [6, 6.07) is 77.8. The van der Waals surface area contributed by atoms with E-state index in [1.54, 1.807) is 0 Å². The van der Waals surface area contributed by atoms with Crippen LogP contribution in [0.1, 0.15) is 145 Å². The van der Waals surface area contributed by atoms with Crippen molar-refractivity contribution in [2.75, 3.05) is 9.80 Å². The van der Waals surface area contributed by atoms with Crippen LogP contribution < -0.4 is 26.2 Å². The van der Waals surface area contributed by atoms with Crippen LogP contribution in [0.5, 0.6) is 0 Å². The molecular weight excluding hydrogens is 1310 g/mol. The first-order valence-electron chi connectivity index (χ1n) is 42.5. The van der Waals surface area contributed by atoms with Gasteiger partial charge in [-0.2, -0.15) is 0 Å². The molecule has 0 atom stereocenters. The van der Waals surface area contributed by atoms with Gasteiger partial charge in [0, 0.05) is 67.0 Å². The van der Waals surface area contributed by atoms with Crippen LogP contribution in [0.25, 0.3) is 106 Å². The van der Waals surface area contributed by atoms with E-state index in [-0.39, 0.29) is 50.3 Å².